The fraction of sp³-hybridized carbons (Fsp3) is 0.250. The highest BCUT2D eigenvalue weighted by Gasteiger charge is 2.21. The summed E-state index contributed by atoms with van der Waals surface area (Å²) in [5, 5.41) is 2.72. The summed E-state index contributed by atoms with van der Waals surface area (Å²) in [6, 6.07) is 10.9. The number of aryl methyl sites for hydroxylation is 1. The molecule has 2 aliphatic carbocycles. The predicted octanol–water partition coefficient (Wildman–Crippen LogP) is 4.42. The third-order valence-corrected chi connectivity index (χ3v) is 3.88. The minimum Gasteiger partial charge on any atom is -0.468 e. The molecular weight excluding hydrogens is 208 g/mol. The summed E-state index contributed by atoms with van der Waals surface area (Å²) < 4.78 is 5.79. The molecule has 1 heterocycles. The SMILES string of the molecule is c1ccc2c3c4c(occ-3cc2c1)CCCC4. The molecule has 1 aromatic carbocycles. The normalized spacial score (nSPS) is 15.3. The standard InChI is InChI=1S/C16H14O/c1-2-6-13-11(5-1)9-12-10-17-15-8-4-3-7-14(15)16(12)13/h1-2,5-6,9-10H,3-4,7-8H2. The Morgan fingerprint density at radius 3 is 2.88 bits per heavy atom. The van der Waals surface area contributed by atoms with E-state index in [-0.39, 0.29) is 0 Å². The lowest BCUT2D eigenvalue weighted by molar-refractivity contribution is 0.456. The first-order valence-electron chi connectivity index (χ1n) is 6.34. The van der Waals surface area contributed by atoms with Gasteiger partial charge < -0.3 is 4.42 Å². The van der Waals surface area contributed by atoms with E-state index in [1.807, 2.05) is 6.26 Å². The Hall–Kier alpha value is -1.76. The van der Waals surface area contributed by atoms with Gasteiger partial charge in [0.15, 0.2) is 0 Å². The van der Waals surface area contributed by atoms with Gasteiger partial charge in [-0.05, 0) is 47.2 Å². The lowest BCUT2D eigenvalue weighted by atomic mass is 9.91. The maximum absolute atomic E-state index is 5.79. The minimum atomic E-state index is 1.10. The Balaban J connectivity index is 2.16. The van der Waals surface area contributed by atoms with Crippen LogP contribution in [0.2, 0.25) is 0 Å². The number of benzene rings is 1. The van der Waals surface area contributed by atoms with Crippen LogP contribution >= 0.6 is 0 Å². The van der Waals surface area contributed by atoms with E-state index in [4.69, 9.17) is 4.42 Å². The van der Waals surface area contributed by atoms with Crippen molar-refractivity contribution in [1.29, 1.82) is 0 Å². The smallest absolute Gasteiger partial charge is 0.107 e. The Morgan fingerprint density at radius 1 is 1.00 bits per heavy atom. The molecule has 1 aliphatic heterocycles. The van der Waals surface area contributed by atoms with E-state index in [0.717, 1.165) is 6.42 Å². The fourth-order valence-corrected chi connectivity index (χ4v) is 3.08. The molecule has 0 atom stereocenters. The highest BCUT2D eigenvalue weighted by molar-refractivity contribution is 6.03. The molecule has 1 aromatic rings. The number of hydrogen-bond acceptors (Lipinski definition) is 1. The summed E-state index contributed by atoms with van der Waals surface area (Å²) >= 11 is 0. The highest BCUT2D eigenvalue weighted by Crippen LogP contribution is 2.40. The van der Waals surface area contributed by atoms with Gasteiger partial charge in [0.2, 0.25) is 0 Å². The van der Waals surface area contributed by atoms with Crippen molar-refractivity contribution >= 4 is 10.8 Å². The average Bonchev–Trinajstić information content (AvgIpc) is 2.77. The van der Waals surface area contributed by atoms with Gasteiger partial charge in [0.25, 0.3) is 0 Å². The monoisotopic (exact) mass is 222 g/mol. The van der Waals surface area contributed by atoms with Crippen LogP contribution in [0.5, 0.6) is 0 Å². The lowest BCUT2D eigenvalue weighted by Crippen LogP contribution is -2.04. The van der Waals surface area contributed by atoms with E-state index in [2.05, 4.69) is 30.3 Å². The average molecular weight is 222 g/mol. The Bertz CT molecular complexity index is 663. The highest BCUT2D eigenvalue weighted by atomic mass is 16.3. The quantitative estimate of drug-likeness (QED) is 0.549. The molecule has 3 aliphatic rings. The van der Waals surface area contributed by atoms with Crippen molar-refractivity contribution in [3.63, 3.8) is 0 Å². The van der Waals surface area contributed by atoms with Crippen LogP contribution in [0.1, 0.15) is 24.2 Å². The predicted molar refractivity (Wildman–Crippen MR) is 69.5 cm³/mol. The molecule has 0 fully saturated rings. The largest absolute Gasteiger partial charge is 0.468 e. The second-order valence-electron chi connectivity index (χ2n) is 4.91. The molecule has 17 heavy (non-hydrogen) atoms. The number of hydrogen-bond donors (Lipinski definition) is 0. The molecule has 0 bridgehead atoms. The molecule has 4 rings (SSSR count). The van der Waals surface area contributed by atoms with Crippen molar-refractivity contribution in [2.24, 2.45) is 0 Å². The summed E-state index contributed by atoms with van der Waals surface area (Å²) in [5.41, 5.74) is 4.14. The molecule has 0 spiro atoms. The van der Waals surface area contributed by atoms with E-state index in [0.29, 0.717) is 0 Å². The molecular formula is C16H14O. The van der Waals surface area contributed by atoms with Gasteiger partial charge in [0, 0.05) is 12.0 Å². The van der Waals surface area contributed by atoms with E-state index in [9.17, 15) is 0 Å². The fourth-order valence-electron chi connectivity index (χ4n) is 3.08. The van der Waals surface area contributed by atoms with Crippen molar-refractivity contribution in [2.75, 3.05) is 0 Å². The Labute approximate surface area is 100 Å². The molecule has 0 amide bonds. The van der Waals surface area contributed by atoms with Crippen molar-refractivity contribution < 1.29 is 4.42 Å². The molecule has 0 radical (unpaired) electrons. The third kappa shape index (κ3) is 1.25. The zero-order chi connectivity index (χ0) is 11.2. The van der Waals surface area contributed by atoms with Crippen molar-refractivity contribution in [3.8, 4) is 11.1 Å². The van der Waals surface area contributed by atoms with Gasteiger partial charge in [0.1, 0.15) is 5.76 Å². The molecule has 1 nitrogen and oxygen atoms in total. The van der Waals surface area contributed by atoms with E-state index < -0.39 is 0 Å². The topological polar surface area (TPSA) is 13.1 Å². The number of rotatable bonds is 0. The van der Waals surface area contributed by atoms with E-state index in [1.54, 1.807) is 0 Å². The summed E-state index contributed by atoms with van der Waals surface area (Å²) in [6.07, 6.45) is 6.76. The Kier molecular flexibility index (Phi) is 1.84. The van der Waals surface area contributed by atoms with Crippen LogP contribution in [0.25, 0.3) is 21.9 Å². The van der Waals surface area contributed by atoms with Gasteiger partial charge in [-0.15, -0.1) is 0 Å². The van der Waals surface area contributed by atoms with Gasteiger partial charge in [-0.1, -0.05) is 24.3 Å². The Morgan fingerprint density at radius 2 is 1.88 bits per heavy atom. The summed E-state index contributed by atoms with van der Waals surface area (Å²) in [6.45, 7) is 0. The summed E-state index contributed by atoms with van der Waals surface area (Å²) in [7, 11) is 0. The molecule has 0 aromatic heterocycles. The minimum absolute atomic E-state index is 1.10. The van der Waals surface area contributed by atoms with Crippen molar-refractivity contribution in [2.45, 2.75) is 25.7 Å². The zero-order valence-corrected chi connectivity index (χ0v) is 9.70. The van der Waals surface area contributed by atoms with Crippen LogP contribution in [0.4, 0.5) is 0 Å². The van der Waals surface area contributed by atoms with E-state index in [1.165, 1.54) is 52.5 Å². The summed E-state index contributed by atoms with van der Waals surface area (Å²) in [4.78, 5) is 0. The first-order chi connectivity index (χ1) is 8.43. The molecule has 0 saturated carbocycles. The lowest BCUT2D eigenvalue weighted by Gasteiger charge is -2.17. The van der Waals surface area contributed by atoms with Crippen molar-refractivity contribution in [3.05, 3.63) is 47.9 Å². The molecule has 84 valence electrons. The van der Waals surface area contributed by atoms with Crippen LogP contribution in [0.3, 0.4) is 0 Å². The zero-order valence-electron chi connectivity index (χ0n) is 9.70. The van der Waals surface area contributed by atoms with E-state index >= 15 is 0 Å². The summed E-state index contributed by atoms with van der Waals surface area (Å²) in [5.74, 6) is 1.21. The van der Waals surface area contributed by atoms with Crippen LogP contribution in [0.15, 0.2) is 41.0 Å². The molecule has 0 N–H and O–H groups in total. The van der Waals surface area contributed by atoms with Crippen molar-refractivity contribution in [1.82, 2.24) is 0 Å². The second kappa shape index (κ2) is 3.36. The first kappa shape index (κ1) is 9.29. The maximum atomic E-state index is 5.79. The van der Waals surface area contributed by atoms with Crippen LogP contribution < -0.4 is 0 Å². The van der Waals surface area contributed by atoms with Crippen LogP contribution in [-0.4, -0.2) is 0 Å². The van der Waals surface area contributed by atoms with Gasteiger partial charge in [-0.3, -0.25) is 0 Å². The van der Waals surface area contributed by atoms with Crippen LogP contribution in [0, 0.1) is 0 Å². The van der Waals surface area contributed by atoms with Gasteiger partial charge in [0.05, 0.1) is 6.26 Å². The third-order valence-electron chi connectivity index (χ3n) is 3.88. The van der Waals surface area contributed by atoms with Gasteiger partial charge >= 0.3 is 0 Å². The maximum Gasteiger partial charge on any atom is 0.107 e. The molecule has 0 unspecified atom stereocenters. The first-order valence-corrected chi connectivity index (χ1v) is 6.34. The number of fused-ring (bicyclic) bond motifs is 5. The molecule has 0 saturated heterocycles. The van der Waals surface area contributed by atoms with Gasteiger partial charge in [-0.2, -0.15) is 0 Å². The second-order valence-corrected chi connectivity index (χ2v) is 4.91. The van der Waals surface area contributed by atoms with Crippen LogP contribution in [-0.2, 0) is 12.8 Å². The van der Waals surface area contributed by atoms with Gasteiger partial charge in [-0.25, -0.2) is 0 Å². The molecule has 1 heteroatoms.